The average Bonchev–Trinajstić information content (AvgIpc) is 3.23. The number of nitrogens with one attached hydrogen (secondary N) is 1. The van der Waals surface area contributed by atoms with E-state index in [0.717, 1.165) is 24.7 Å². The van der Waals surface area contributed by atoms with Crippen LogP contribution in [-0.4, -0.2) is 12.6 Å². The molecule has 1 saturated carbocycles. The molecule has 2 aliphatic rings. The molecule has 1 aliphatic carbocycles. The molecule has 1 heterocycles. The van der Waals surface area contributed by atoms with Crippen molar-refractivity contribution in [2.75, 3.05) is 6.61 Å². The molecular weight excluding hydrogens is 224 g/mol. The number of benzene rings is 1. The lowest BCUT2D eigenvalue weighted by Gasteiger charge is -2.31. The Morgan fingerprint density at radius 1 is 1.33 bits per heavy atom. The van der Waals surface area contributed by atoms with Gasteiger partial charge in [-0.1, -0.05) is 31.0 Å². The van der Waals surface area contributed by atoms with E-state index in [-0.39, 0.29) is 0 Å². The van der Waals surface area contributed by atoms with Crippen molar-refractivity contribution in [2.45, 2.75) is 38.1 Å². The quantitative estimate of drug-likeness (QED) is 0.619. The van der Waals surface area contributed by atoms with E-state index in [0.29, 0.717) is 12.0 Å². The Labute approximate surface area is 109 Å². The van der Waals surface area contributed by atoms with E-state index < -0.39 is 0 Å². The second-order valence-electron chi connectivity index (χ2n) is 5.68. The van der Waals surface area contributed by atoms with Crippen molar-refractivity contribution in [3.63, 3.8) is 0 Å². The van der Waals surface area contributed by atoms with Crippen molar-refractivity contribution in [3.05, 3.63) is 29.8 Å². The molecule has 0 radical (unpaired) electrons. The summed E-state index contributed by atoms with van der Waals surface area (Å²) in [7, 11) is 0. The minimum absolute atomic E-state index is 0.388. The highest BCUT2D eigenvalue weighted by molar-refractivity contribution is 5.35. The number of hydrogen-bond donors (Lipinski definition) is 2. The fraction of sp³-hybridized carbons (Fsp3) is 0.600. The molecule has 1 aromatic rings. The third-order valence-corrected chi connectivity index (χ3v) is 4.27. The van der Waals surface area contributed by atoms with Crippen LogP contribution in [0.3, 0.4) is 0 Å². The summed E-state index contributed by atoms with van der Waals surface area (Å²) in [5.41, 5.74) is 4.33. The van der Waals surface area contributed by atoms with Crippen LogP contribution >= 0.6 is 0 Å². The summed E-state index contributed by atoms with van der Waals surface area (Å²) in [5, 5.41) is 0. The summed E-state index contributed by atoms with van der Waals surface area (Å²) in [5.74, 6) is 8.25. The van der Waals surface area contributed by atoms with Gasteiger partial charge in [-0.05, 0) is 36.8 Å². The Kier molecular flexibility index (Phi) is 3.52. The van der Waals surface area contributed by atoms with Gasteiger partial charge >= 0.3 is 0 Å². The van der Waals surface area contributed by atoms with E-state index in [1.807, 2.05) is 6.07 Å². The first-order chi connectivity index (χ1) is 8.86. The molecule has 0 spiro atoms. The summed E-state index contributed by atoms with van der Waals surface area (Å²) in [4.78, 5) is 0. The molecule has 18 heavy (non-hydrogen) atoms. The van der Waals surface area contributed by atoms with Crippen molar-refractivity contribution in [2.24, 2.45) is 17.7 Å². The van der Waals surface area contributed by atoms with Crippen LogP contribution in [0.25, 0.3) is 0 Å². The van der Waals surface area contributed by atoms with Gasteiger partial charge in [-0.2, -0.15) is 0 Å². The van der Waals surface area contributed by atoms with Gasteiger partial charge in [0.15, 0.2) is 0 Å². The largest absolute Gasteiger partial charge is 0.493 e. The van der Waals surface area contributed by atoms with E-state index in [4.69, 9.17) is 10.6 Å². The molecule has 3 nitrogen and oxygen atoms in total. The molecule has 3 N–H and O–H groups in total. The van der Waals surface area contributed by atoms with Gasteiger partial charge in [-0.3, -0.25) is 11.3 Å². The van der Waals surface area contributed by atoms with Crippen LogP contribution in [0.15, 0.2) is 24.3 Å². The van der Waals surface area contributed by atoms with E-state index in [2.05, 4.69) is 23.6 Å². The zero-order valence-corrected chi connectivity index (χ0v) is 10.8. The predicted molar refractivity (Wildman–Crippen MR) is 72.2 cm³/mol. The van der Waals surface area contributed by atoms with E-state index >= 15 is 0 Å². The Bertz CT molecular complexity index is 403. The first-order valence-electron chi connectivity index (χ1n) is 7.03. The minimum Gasteiger partial charge on any atom is -0.493 e. The summed E-state index contributed by atoms with van der Waals surface area (Å²) in [6, 6.07) is 8.72. The first kappa shape index (κ1) is 12.0. The maximum atomic E-state index is 5.85. The van der Waals surface area contributed by atoms with E-state index in [1.54, 1.807) is 0 Å². The molecule has 0 amide bonds. The number of rotatable bonds is 5. The number of hydrogen-bond acceptors (Lipinski definition) is 3. The van der Waals surface area contributed by atoms with Gasteiger partial charge in [-0.15, -0.1) is 0 Å². The van der Waals surface area contributed by atoms with Gasteiger partial charge in [0.25, 0.3) is 0 Å². The Balaban J connectivity index is 1.61. The number of nitrogens with two attached hydrogens (primary N) is 1. The molecule has 2 atom stereocenters. The van der Waals surface area contributed by atoms with Gasteiger partial charge in [0.05, 0.1) is 6.61 Å². The highest BCUT2D eigenvalue weighted by atomic mass is 16.5. The van der Waals surface area contributed by atoms with Gasteiger partial charge in [0, 0.05) is 12.0 Å². The summed E-state index contributed by atoms with van der Waals surface area (Å²) < 4.78 is 5.85. The van der Waals surface area contributed by atoms with E-state index in [9.17, 15) is 0 Å². The third-order valence-electron chi connectivity index (χ3n) is 4.27. The maximum Gasteiger partial charge on any atom is 0.122 e. The maximum absolute atomic E-state index is 5.85. The summed E-state index contributed by atoms with van der Waals surface area (Å²) in [6.07, 6.45) is 6.41. The van der Waals surface area contributed by atoms with Crippen LogP contribution in [0.5, 0.6) is 5.75 Å². The smallest absolute Gasteiger partial charge is 0.122 e. The van der Waals surface area contributed by atoms with Gasteiger partial charge in [0.1, 0.15) is 5.75 Å². The van der Waals surface area contributed by atoms with E-state index in [1.165, 1.54) is 31.2 Å². The van der Waals surface area contributed by atoms with Crippen molar-refractivity contribution >= 4 is 0 Å². The van der Waals surface area contributed by atoms with Gasteiger partial charge in [0.2, 0.25) is 0 Å². The van der Waals surface area contributed by atoms with Crippen molar-refractivity contribution in [1.29, 1.82) is 0 Å². The molecule has 0 saturated heterocycles. The Morgan fingerprint density at radius 3 is 2.94 bits per heavy atom. The number of ether oxygens (including phenoxy) is 1. The normalized spacial score (nSPS) is 24.2. The van der Waals surface area contributed by atoms with Crippen LogP contribution in [0.2, 0.25) is 0 Å². The zero-order valence-electron chi connectivity index (χ0n) is 10.8. The van der Waals surface area contributed by atoms with Crippen molar-refractivity contribution in [3.8, 4) is 5.75 Å². The first-order valence-corrected chi connectivity index (χ1v) is 7.03. The van der Waals surface area contributed by atoms with Crippen LogP contribution in [0.1, 0.15) is 31.2 Å². The highest BCUT2D eigenvalue weighted by Gasteiger charge is 2.29. The molecule has 0 aromatic heterocycles. The lowest BCUT2D eigenvalue weighted by atomic mass is 9.88. The topological polar surface area (TPSA) is 47.3 Å². The molecule has 3 rings (SSSR count). The lowest BCUT2D eigenvalue weighted by Crippen LogP contribution is -2.45. The average molecular weight is 246 g/mol. The molecule has 1 aliphatic heterocycles. The molecule has 1 aromatic carbocycles. The van der Waals surface area contributed by atoms with Gasteiger partial charge in [-0.25, -0.2) is 0 Å². The standard InChI is InChI=1S/C15H22N2O/c16-17-14(8-7-11-5-6-11)13-9-12-3-1-2-4-15(12)18-10-13/h1-4,11,13-14,17H,5-10,16H2. The molecule has 0 bridgehead atoms. The Morgan fingerprint density at radius 2 is 2.17 bits per heavy atom. The predicted octanol–water partition coefficient (Wildman–Crippen LogP) is 2.26. The molecule has 98 valence electrons. The molecule has 2 unspecified atom stereocenters. The monoisotopic (exact) mass is 246 g/mol. The van der Waals surface area contributed by atoms with Gasteiger partial charge < -0.3 is 4.74 Å². The lowest BCUT2D eigenvalue weighted by molar-refractivity contribution is 0.177. The second-order valence-corrected chi connectivity index (χ2v) is 5.68. The van der Waals surface area contributed by atoms with Crippen molar-refractivity contribution < 1.29 is 4.74 Å². The zero-order chi connectivity index (χ0) is 12.4. The number of hydrazine groups is 1. The molecule has 1 fully saturated rings. The SMILES string of the molecule is NNC(CCC1CC1)C1COc2ccccc2C1. The number of para-hydroxylation sites is 1. The van der Waals surface area contributed by atoms with Crippen molar-refractivity contribution in [1.82, 2.24) is 5.43 Å². The van der Waals surface area contributed by atoms with Crippen LogP contribution in [0.4, 0.5) is 0 Å². The molecular formula is C15H22N2O. The number of fused-ring (bicyclic) bond motifs is 1. The summed E-state index contributed by atoms with van der Waals surface area (Å²) in [6.45, 7) is 0.788. The van der Waals surface area contributed by atoms with Crippen LogP contribution in [-0.2, 0) is 6.42 Å². The second kappa shape index (κ2) is 5.29. The molecule has 3 heteroatoms. The minimum atomic E-state index is 0.388. The fourth-order valence-corrected chi connectivity index (χ4v) is 2.89. The Hall–Kier alpha value is -1.06. The summed E-state index contributed by atoms with van der Waals surface area (Å²) >= 11 is 0. The van der Waals surface area contributed by atoms with Crippen LogP contribution in [0, 0.1) is 11.8 Å². The third kappa shape index (κ3) is 2.68. The fourth-order valence-electron chi connectivity index (χ4n) is 2.89. The van der Waals surface area contributed by atoms with Crippen LogP contribution < -0.4 is 16.0 Å². The highest BCUT2D eigenvalue weighted by Crippen LogP contribution is 2.35.